The number of rotatable bonds is 6. The van der Waals surface area contributed by atoms with Gasteiger partial charge in [0, 0.05) is 11.1 Å². The summed E-state index contributed by atoms with van der Waals surface area (Å²) in [6.07, 6.45) is 4.44. The van der Waals surface area contributed by atoms with Crippen molar-refractivity contribution in [1.82, 2.24) is 10.3 Å². The Hall–Kier alpha value is -0.410. The highest BCUT2D eigenvalue weighted by Gasteiger charge is 2.08. The summed E-state index contributed by atoms with van der Waals surface area (Å²) in [6, 6.07) is 0. The van der Waals surface area contributed by atoms with E-state index in [0.29, 0.717) is 0 Å². The predicted octanol–water partition coefficient (Wildman–Crippen LogP) is 2.63. The van der Waals surface area contributed by atoms with Gasteiger partial charge in [-0.15, -0.1) is 11.3 Å². The van der Waals surface area contributed by atoms with E-state index < -0.39 is 0 Å². The van der Waals surface area contributed by atoms with Crippen LogP contribution in [0.15, 0.2) is 6.20 Å². The fraction of sp³-hybridized carbons (Fsp3) is 0.727. The van der Waals surface area contributed by atoms with Crippen LogP contribution in [0.25, 0.3) is 0 Å². The van der Waals surface area contributed by atoms with Crippen molar-refractivity contribution in [1.29, 1.82) is 0 Å². The van der Waals surface area contributed by atoms with Crippen molar-refractivity contribution >= 4 is 11.3 Å². The van der Waals surface area contributed by atoms with Crippen LogP contribution in [0.4, 0.5) is 0 Å². The molecule has 0 saturated carbocycles. The standard InChI is InChI=1S/C11H20N2S/c1-4-10(7-12-5-2)6-11-8-13-9(3)14-11/h8,10,12H,4-7H2,1-3H3. The summed E-state index contributed by atoms with van der Waals surface area (Å²) in [5.74, 6) is 0.759. The van der Waals surface area contributed by atoms with Gasteiger partial charge in [-0.3, -0.25) is 0 Å². The van der Waals surface area contributed by atoms with Gasteiger partial charge in [0.1, 0.15) is 0 Å². The molecule has 1 heterocycles. The van der Waals surface area contributed by atoms with E-state index in [-0.39, 0.29) is 0 Å². The molecule has 0 aliphatic heterocycles. The van der Waals surface area contributed by atoms with Crippen LogP contribution in [0.3, 0.4) is 0 Å². The lowest BCUT2D eigenvalue weighted by atomic mass is 10.0. The van der Waals surface area contributed by atoms with E-state index in [4.69, 9.17) is 0 Å². The van der Waals surface area contributed by atoms with Crippen molar-refractivity contribution < 1.29 is 0 Å². The summed E-state index contributed by atoms with van der Waals surface area (Å²) in [5.41, 5.74) is 0. The first-order valence-electron chi connectivity index (χ1n) is 5.38. The highest BCUT2D eigenvalue weighted by molar-refractivity contribution is 7.11. The number of aryl methyl sites for hydroxylation is 1. The zero-order valence-electron chi connectivity index (χ0n) is 9.34. The van der Waals surface area contributed by atoms with Gasteiger partial charge in [0.25, 0.3) is 0 Å². The van der Waals surface area contributed by atoms with Crippen molar-refractivity contribution in [2.24, 2.45) is 5.92 Å². The molecule has 0 radical (unpaired) electrons. The molecule has 0 fully saturated rings. The summed E-state index contributed by atoms with van der Waals surface area (Å²) < 4.78 is 0. The van der Waals surface area contributed by atoms with Crippen LogP contribution in [-0.4, -0.2) is 18.1 Å². The molecule has 1 unspecified atom stereocenters. The molecule has 1 aromatic heterocycles. The molecule has 0 spiro atoms. The Bertz CT molecular complexity index is 258. The van der Waals surface area contributed by atoms with Crippen LogP contribution in [-0.2, 0) is 6.42 Å². The molecule has 3 heteroatoms. The summed E-state index contributed by atoms with van der Waals surface area (Å²) in [6.45, 7) is 8.68. The largest absolute Gasteiger partial charge is 0.317 e. The number of hydrogen-bond donors (Lipinski definition) is 1. The molecule has 1 atom stereocenters. The molecule has 0 aliphatic rings. The van der Waals surface area contributed by atoms with Crippen molar-refractivity contribution in [2.75, 3.05) is 13.1 Å². The Morgan fingerprint density at radius 2 is 2.29 bits per heavy atom. The molecular formula is C11H20N2S. The zero-order valence-corrected chi connectivity index (χ0v) is 10.2. The minimum absolute atomic E-state index is 0.759. The van der Waals surface area contributed by atoms with E-state index in [1.165, 1.54) is 22.7 Å². The van der Waals surface area contributed by atoms with Gasteiger partial charge in [-0.2, -0.15) is 0 Å². The van der Waals surface area contributed by atoms with Crippen LogP contribution in [0.1, 0.15) is 30.2 Å². The third-order valence-electron chi connectivity index (χ3n) is 2.42. The number of aromatic nitrogens is 1. The van der Waals surface area contributed by atoms with Gasteiger partial charge in [0.15, 0.2) is 0 Å². The molecule has 1 rings (SSSR count). The molecule has 0 amide bonds. The second-order valence-corrected chi connectivity index (χ2v) is 4.95. The molecule has 1 aromatic rings. The summed E-state index contributed by atoms with van der Waals surface area (Å²) in [7, 11) is 0. The molecule has 2 nitrogen and oxygen atoms in total. The molecule has 0 saturated heterocycles. The van der Waals surface area contributed by atoms with E-state index in [0.717, 1.165) is 19.0 Å². The molecule has 0 bridgehead atoms. The average Bonchev–Trinajstić information content (AvgIpc) is 2.58. The molecule has 0 aromatic carbocycles. The van der Waals surface area contributed by atoms with E-state index in [1.807, 2.05) is 17.5 Å². The number of thiazole rings is 1. The lowest BCUT2D eigenvalue weighted by Crippen LogP contribution is -2.23. The minimum atomic E-state index is 0.759. The van der Waals surface area contributed by atoms with Crippen molar-refractivity contribution in [2.45, 2.75) is 33.6 Å². The van der Waals surface area contributed by atoms with E-state index >= 15 is 0 Å². The van der Waals surface area contributed by atoms with E-state index in [1.54, 1.807) is 0 Å². The highest BCUT2D eigenvalue weighted by Crippen LogP contribution is 2.17. The Kier molecular flexibility index (Phi) is 5.12. The van der Waals surface area contributed by atoms with Crippen molar-refractivity contribution in [3.63, 3.8) is 0 Å². The first-order chi connectivity index (χ1) is 6.76. The maximum absolute atomic E-state index is 4.28. The monoisotopic (exact) mass is 212 g/mol. The Labute approximate surface area is 90.8 Å². The quantitative estimate of drug-likeness (QED) is 0.784. The number of nitrogens with one attached hydrogen (secondary N) is 1. The zero-order chi connectivity index (χ0) is 10.4. The molecule has 14 heavy (non-hydrogen) atoms. The van der Waals surface area contributed by atoms with Gasteiger partial charge in [-0.25, -0.2) is 4.98 Å². The SMILES string of the molecule is CCNCC(CC)Cc1cnc(C)s1. The third kappa shape index (κ3) is 3.76. The third-order valence-corrected chi connectivity index (χ3v) is 3.35. The predicted molar refractivity (Wildman–Crippen MR) is 62.9 cm³/mol. The van der Waals surface area contributed by atoms with Crippen LogP contribution in [0.2, 0.25) is 0 Å². The molecule has 80 valence electrons. The van der Waals surface area contributed by atoms with Crippen LogP contribution >= 0.6 is 11.3 Å². The van der Waals surface area contributed by atoms with E-state index in [9.17, 15) is 0 Å². The van der Waals surface area contributed by atoms with Gasteiger partial charge in [-0.05, 0) is 32.4 Å². The van der Waals surface area contributed by atoms with Crippen LogP contribution in [0, 0.1) is 12.8 Å². The fourth-order valence-electron chi connectivity index (χ4n) is 1.49. The fourth-order valence-corrected chi connectivity index (χ4v) is 2.40. The lowest BCUT2D eigenvalue weighted by molar-refractivity contribution is 0.470. The Morgan fingerprint density at radius 3 is 2.79 bits per heavy atom. The number of nitrogens with zero attached hydrogens (tertiary/aromatic N) is 1. The summed E-state index contributed by atoms with van der Waals surface area (Å²) in [5, 5.41) is 4.59. The Balaban J connectivity index is 2.40. The number of hydrogen-bond acceptors (Lipinski definition) is 3. The average molecular weight is 212 g/mol. The van der Waals surface area contributed by atoms with E-state index in [2.05, 4.69) is 31.1 Å². The van der Waals surface area contributed by atoms with Crippen molar-refractivity contribution in [3.8, 4) is 0 Å². The van der Waals surface area contributed by atoms with Gasteiger partial charge in [0.2, 0.25) is 0 Å². The van der Waals surface area contributed by atoms with Gasteiger partial charge in [-0.1, -0.05) is 20.3 Å². The topological polar surface area (TPSA) is 24.9 Å². The van der Waals surface area contributed by atoms with Crippen molar-refractivity contribution in [3.05, 3.63) is 16.1 Å². The normalized spacial score (nSPS) is 13.1. The Morgan fingerprint density at radius 1 is 1.50 bits per heavy atom. The highest BCUT2D eigenvalue weighted by atomic mass is 32.1. The molecular weight excluding hydrogens is 192 g/mol. The van der Waals surface area contributed by atoms with Crippen LogP contribution < -0.4 is 5.32 Å². The second-order valence-electron chi connectivity index (χ2n) is 3.63. The second kappa shape index (κ2) is 6.14. The smallest absolute Gasteiger partial charge is 0.0896 e. The summed E-state index contributed by atoms with van der Waals surface area (Å²) >= 11 is 1.83. The van der Waals surface area contributed by atoms with Gasteiger partial charge < -0.3 is 5.32 Å². The molecule has 1 N–H and O–H groups in total. The van der Waals surface area contributed by atoms with Gasteiger partial charge >= 0.3 is 0 Å². The molecule has 0 aliphatic carbocycles. The first kappa shape index (κ1) is 11.7. The maximum Gasteiger partial charge on any atom is 0.0896 e. The maximum atomic E-state index is 4.28. The minimum Gasteiger partial charge on any atom is -0.317 e. The lowest BCUT2D eigenvalue weighted by Gasteiger charge is -2.13. The first-order valence-corrected chi connectivity index (χ1v) is 6.19. The summed E-state index contributed by atoms with van der Waals surface area (Å²) in [4.78, 5) is 5.71. The van der Waals surface area contributed by atoms with Gasteiger partial charge in [0.05, 0.1) is 5.01 Å². The van der Waals surface area contributed by atoms with Crippen LogP contribution in [0.5, 0.6) is 0 Å².